The van der Waals surface area contributed by atoms with E-state index in [9.17, 15) is 14.9 Å². The van der Waals surface area contributed by atoms with Crippen LogP contribution in [0.2, 0.25) is 0 Å². The van der Waals surface area contributed by atoms with Crippen LogP contribution in [-0.4, -0.2) is 24.2 Å². The number of amides is 1. The number of carbonyl (C=O) groups excluding carboxylic acids is 2. The standard InChI is InChI=1S/C24H25N3O3S2/c1-3-4-12-30-20(28)15-32-24-18(14-25)22(19-11-8-13-31-19)21(16(2)26-24)23(29)27-17-9-6-5-7-10-17/h5-11,13,22,26H,3-4,12,15H2,1-2H3,(H,27,29)/t22-/m0/s1. The summed E-state index contributed by atoms with van der Waals surface area (Å²) in [5.41, 5.74) is 2.24. The number of anilines is 1. The van der Waals surface area contributed by atoms with Crippen molar-refractivity contribution in [1.29, 1.82) is 5.26 Å². The smallest absolute Gasteiger partial charge is 0.316 e. The molecule has 2 N–H and O–H groups in total. The number of nitrogens with one attached hydrogen (secondary N) is 2. The fourth-order valence-corrected chi connectivity index (χ4v) is 5.02. The molecule has 0 aliphatic carbocycles. The van der Waals surface area contributed by atoms with E-state index >= 15 is 0 Å². The maximum absolute atomic E-state index is 13.2. The minimum absolute atomic E-state index is 0.0905. The summed E-state index contributed by atoms with van der Waals surface area (Å²) in [7, 11) is 0. The Kier molecular flexibility index (Phi) is 8.54. The van der Waals surface area contributed by atoms with Crippen LogP contribution in [0.25, 0.3) is 0 Å². The molecule has 0 bridgehead atoms. The van der Waals surface area contributed by atoms with Gasteiger partial charge in [-0.2, -0.15) is 5.26 Å². The molecule has 0 spiro atoms. The lowest BCUT2D eigenvalue weighted by molar-refractivity contribution is -0.140. The van der Waals surface area contributed by atoms with Gasteiger partial charge >= 0.3 is 5.97 Å². The van der Waals surface area contributed by atoms with Crippen LogP contribution in [0.3, 0.4) is 0 Å². The first-order valence-electron chi connectivity index (χ1n) is 10.3. The number of unbranched alkanes of at least 4 members (excludes halogenated alkanes) is 1. The molecular weight excluding hydrogens is 442 g/mol. The van der Waals surface area contributed by atoms with E-state index in [-0.39, 0.29) is 17.6 Å². The van der Waals surface area contributed by atoms with Gasteiger partial charge < -0.3 is 15.4 Å². The van der Waals surface area contributed by atoms with E-state index < -0.39 is 5.92 Å². The van der Waals surface area contributed by atoms with Gasteiger partial charge in [0.1, 0.15) is 0 Å². The second kappa shape index (κ2) is 11.6. The Bertz CT molecular complexity index is 1050. The van der Waals surface area contributed by atoms with Gasteiger partial charge in [-0.05, 0) is 36.9 Å². The predicted molar refractivity (Wildman–Crippen MR) is 129 cm³/mol. The SMILES string of the molecule is CCCCOC(=O)CSC1=C(C#N)[C@@H](c2cccs2)C(C(=O)Nc2ccccc2)=C(C)N1. The molecule has 0 saturated carbocycles. The van der Waals surface area contributed by atoms with Crippen molar-refractivity contribution in [2.75, 3.05) is 17.7 Å². The normalized spacial score (nSPS) is 15.7. The lowest BCUT2D eigenvalue weighted by atomic mass is 9.86. The number of nitrogens with zero attached hydrogens (tertiary/aromatic N) is 1. The molecule has 1 aromatic heterocycles. The van der Waals surface area contributed by atoms with Crippen molar-refractivity contribution >= 4 is 40.7 Å². The average molecular weight is 468 g/mol. The first kappa shape index (κ1) is 23.6. The Hall–Kier alpha value is -3.02. The summed E-state index contributed by atoms with van der Waals surface area (Å²) in [6.45, 7) is 4.24. The second-order valence-corrected chi connectivity index (χ2v) is 9.11. The fraction of sp³-hybridized carbons (Fsp3) is 0.292. The Labute approximate surface area is 196 Å². The number of allylic oxidation sites excluding steroid dienone is 2. The lowest BCUT2D eigenvalue weighted by Gasteiger charge is -2.29. The van der Waals surface area contributed by atoms with Crippen LogP contribution in [-0.2, 0) is 14.3 Å². The quantitative estimate of drug-likeness (QED) is 0.391. The molecule has 1 aliphatic rings. The predicted octanol–water partition coefficient (Wildman–Crippen LogP) is 5.16. The molecule has 3 rings (SSSR count). The number of para-hydroxylation sites is 1. The highest BCUT2D eigenvalue weighted by Crippen LogP contribution is 2.42. The molecule has 1 aliphatic heterocycles. The maximum atomic E-state index is 13.2. The van der Waals surface area contributed by atoms with Crippen LogP contribution in [0.4, 0.5) is 5.69 Å². The second-order valence-electron chi connectivity index (χ2n) is 7.15. The van der Waals surface area contributed by atoms with Crippen molar-refractivity contribution in [3.05, 3.63) is 74.6 Å². The molecule has 0 unspecified atom stereocenters. The van der Waals surface area contributed by atoms with Crippen molar-refractivity contribution in [3.63, 3.8) is 0 Å². The highest BCUT2D eigenvalue weighted by atomic mass is 32.2. The molecule has 166 valence electrons. The van der Waals surface area contributed by atoms with Gasteiger partial charge in [-0.25, -0.2) is 0 Å². The number of nitriles is 1. The van der Waals surface area contributed by atoms with E-state index in [0.717, 1.165) is 17.7 Å². The number of benzene rings is 1. The lowest BCUT2D eigenvalue weighted by Crippen LogP contribution is -2.30. The third-order valence-electron chi connectivity index (χ3n) is 4.85. The highest BCUT2D eigenvalue weighted by Gasteiger charge is 2.35. The number of ether oxygens (including phenoxy) is 1. The summed E-state index contributed by atoms with van der Waals surface area (Å²) in [5, 5.41) is 18.6. The summed E-state index contributed by atoms with van der Waals surface area (Å²) >= 11 is 2.72. The summed E-state index contributed by atoms with van der Waals surface area (Å²) in [6, 6.07) is 15.3. The third kappa shape index (κ3) is 5.81. The van der Waals surface area contributed by atoms with Crippen molar-refractivity contribution in [2.45, 2.75) is 32.6 Å². The molecule has 2 heterocycles. The zero-order valence-electron chi connectivity index (χ0n) is 18.0. The number of thiophene rings is 1. The highest BCUT2D eigenvalue weighted by molar-refractivity contribution is 8.03. The van der Waals surface area contributed by atoms with E-state index in [0.29, 0.717) is 34.2 Å². The Morgan fingerprint density at radius 3 is 2.69 bits per heavy atom. The fourth-order valence-electron chi connectivity index (χ4n) is 3.29. The first-order valence-corrected chi connectivity index (χ1v) is 12.2. The van der Waals surface area contributed by atoms with Gasteiger partial charge in [0.2, 0.25) is 0 Å². The maximum Gasteiger partial charge on any atom is 0.316 e. The zero-order valence-corrected chi connectivity index (χ0v) is 19.6. The van der Waals surface area contributed by atoms with Gasteiger partial charge in [0.15, 0.2) is 0 Å². The van der Waals surface area contributed by atoms with Gasteiger partial charge in [0.25, 0.3) is 5.91 Å². The Morgan fingerprint density at radius 2 is 2.03 bits per heavy atom. The number of carbonyl (C=O) groups is 2. The molecular formula is C24H25N3O3S2. The van der Waals surface area contributed by atoms with Crippen LogP contribution >= 0.6 is 23.1 Å². The molecule has 8 heteroatoms. The molecule has 6 nitrogen and oxygen atoms in total. The third-order valence-corrected chi connectivity index (χ3v) is 6.77. The average Bonchev–Trinajstić information content (AvgIpc) is 3.32. The number of hydrogen-bond acceptors (Lipinski definition) is 7. The minimum Gasteiger partial charge on any atom is -0.465 e. The number of rotatable bonds is 9. The van der Waals surface area contributed by atoms with Crippen molar-refractivity contribution in [3.8, 4) is 6.07 Å². The van der Waals surface area contributed by atoms with Crippen LogP contribution in [0.5, 0.6) is 0 Å². The molecule has 1 atom stereocenters. The van der Waals surface area contributed by atoms with Crippen LogP contribution in [0, 0.1) is 11.3 Å². The Balaban J connectivity index is 1.86. The topological polar surface area (TPSA) is 91.2 Å². The van der Waals surface area contributed by atoms with Crippen LogP contribution in [0.15, 0.2) is 69.7 Å². The minimum atomic E-state index is -0.511. The van der Waals surface area contributed by atoms with Gasteiger partial charge in [0.05, 0.1) is 34.9 Å². The molecule has 0 fully saturated rings. The largest absolute Gasteiger partial charge is 0.465 e. The van der Waals surface area contributed by atoms with E-state index in [1.54, 1.807) is 0 Å². The first-order chi connectivity index (χ1) is 15.5. The monoisotopic (exact) mass is 467 g/mol. The number of thioether (sulfide) groups is 1. The van der Waals surface area contributed by atoms with Crippen molar-refractivity contribution in [2.24, 2.45) is 0 Å². The summed E-state index contributed by atoms with van der Waals surface area (Å²) in [4.78, 5) is 26.2. The molecule has 0 radical (unpaired) electrons. The van der Waals surface area contributed by atoms with E-state index in [4.69, 9.17) is 4.74 Å². The van der Waals surface area contributed by atoms with Crippen molar-refractivity contribution < 1.29 is 14.3 Å². The number of esters is 1. The number of hydrogen-bond donors (Lipinski definition) is 2. The molecule has 0 saturated heterocycles. The summed E-state index contributed by atoms with van der Waals surface area (Å²) in [6.07, 6.45) is 1.77. The van der Waals surface area contributed by atoms with Crippen LogP contribution < -0.4 is 10.6 Å². The van der Waals surface area contributed by atoms with Gasteiger partial charge in [-0.3, -0.25) is 9.59 Å². The number of dihydropyridines is 1. The van der Waals surface area contributed by atoms with Gasteiger partial charge in [0, 0.05) is 21.8 Å². The van der Waals surface area contributed by atoms with Gasteiger partial charge in [-0.1, -0.05) is 49.4 Å². The molecule has 1 amide bonds. The van der Waals surface area contributed by atoms with E-state index in [1.165, 1.54) is 23.1 Å². The molecule has 2 aromatic rings. The summed E-state index contributed by atoms with van der Waals surface area (Å²) in [5.74, 6) is -1.01. The zero-order chi connectivity index (χ0) is 22.9. The summed E-state index contributed by atoms with van der Waals surface area (Å²) < 4.78 is 5.23. The van der Waals surface area contributed by atoms with Crippen molar-refractivity contribution in [1.82, 2.24) is 5.32 Å². The van der Waals surface area contributed by atoms with Gasteiger partial charge in [-0.15, -0.1) is 11.3 Å². The molecule has 32 heavy (non-hydrogen) atoms. The molecule has 1 aromatic carbocycles. The van der Waals surface area contributed by atoms with Crippen LogP contribution in [0.1, 0.15) is 37.5 Å². The Morgan fingerprint density at radius 1 is 1.25 bits per heavy atom. The van der Waals surface area contributed by atoms with E-state index in [1.807, 2.05) is 61.7 Å². The van der Waals surface area contributed by atoms with E-state index in [2.05, 4.69) is 16.7 Å².